The molecule has 0 spiro atoms. The van der Waals surface area contributed by atoms with E-state index in [0.717, 1.165) is 11.8 Å². The van der Waals surface area contributed by atoms with Gasteiger partial charge in [0.25, 0.3) is 0 Å². The molecule has 1 unspecified atom stereocenters. The second-order valence-corrected chi connectivity index (χ2v) is 4.41. The molecular weight excluding hydrogens is 277 g/mol. The molecule has 0 aliphatic carbocycles. The van der Waals surface area contributed by atoms with E-state index in [9.17, 15) is 13.2 Å². The van der Waals surface area contributed by atoms with Crippen LogP contribution in [0, 0.1) is 5.41 Å². The predicted molar refractivity (Wildman–Crippen MR) is 53.2 cm³/mol. The Morgan fingerprint density at radius 2 is 2.13 bits per heavy atom. The summed E-state index contributed by atoms with van der Waals surface area (Å²) in [6.45, 7) is 0.263. The maximum absolute atomic E-state index is 11.8. The van der Waals surface area contributed by atoms with Gasteiger partial charge in [-0.05, 0) is 12.8 Å². The van der Waals surface area contributed by atoms with Gasteiger partial charge in [-0.15, -0.1) is 0 Å². The fourth-order valence-corrected chi connectivity index (χ4v) is 2.22. The van der Waals surface area contributed by atoms with Gasteiger partial charge in [-0.3, -0.25) is 0 Å². The van der Waals surface area contributed by atoms with Crippen LogP contribution in [0.15, 0.2) is 0 Å². The van der Waals surface area contributed by atoms with Crippen molar-refractivity contribution in [1.29, 1.82) is 0 Å². The topological polar surface area (TPSA) is 18.5 Å². The third kappa shape index (κ3) is 4.70. The van der Waals surface area contributed by atoms with Gasteiger partial charge in [0.1, 0.15) is 6.61 Å². The van der Waals surface area contributed by atoms with Crippen LogP contribution in [-0.2, 0) is 9.47 Å². The molecular formula is C9H14BrF3O2. The molecule has 1 aliphatic rings. The second-order valence-electron chi connectivity index (χ2n) is 3.85. The highest BCUT2D eigenvalue weighted by Gasteiger charge is 2.34. The van der Waals surface area contributed by atoms with Gasteiger partial charge < -0.3 is 9.47 Å². The number of alkyl halides is 4. The Balaban J connectivity index is 2.18. The van der Waals surface area contributed by atoms with E-state index in [4.69, 9.17) is 4.74 Å². The third-order valence-electron chi connectivity index (χ3n) is 2.51. The number of ether oxygens (including phenoxy) is 2. The zero-order chi connectivity index (χ0) is 11.4. The summed E-state index contributed by atoms with van der Waals surface area (Å²) >= 11 is 3.37. The van der Waals surface area contributed by atoms with E-state index < -0.39 is 12.8 Å². The zero-order valence-corrected chi connectivity index (χ0v) is 9.86. The van der Waals surface area contributed by atoms with Gasteiger partial charge in [0.15, 0.2) is 0 Å². The van der Waals surface area contributed by atoms with Gasteiger partial charge >= 0.3 is 6.18 Å². The van der Waals surface area contributed by atoms with Crippen molar-refractivity contribution >= 4 is 15.9 Å². The average molecular weight is 291 g/mol. The molecule has 0 aromatic carbocycles. The van der Waals surface area contributed by atoms with Crippen molar-refractivity contribution < 1.29 is 22.6 Å². The molecule has 0 radical (unpaired) electrons. The SMILES string of the molecule is FC(F)(F)COCCC1(CBr)CCOC1. The number of hydrogen-bond donors (Lipinski definition) is 0. The first-order chi connectivity index (χ1) is 6.97. The van der Waals surface area contributed by atoms with Crippen molar-refractivity contribution in [2.24, 2.45) is 5.41 Å². The van der Waals surface area contributed by atoms with E-state index in [1.54, 1.807) is 0 Å². The minimum atomic E-state index is -4.23. The first-order valence-corrected chi connectivity index (χ1v) is 5.88. The molecule has 90 valence electrons. The lowest BCUT2D eigenvalue weighted by molar-refractivity contribution is -0.175. The van der Waals surface area contributed by atoms with Gasteiger partial charge in [-0.2, -0.15) is 13.2 Å². The molecule has 1 fully saturated rings. The number of halogens is 4. The van der Waals surface area contributed by atoms with Crippen LogP contribution in [0.3, 0.4) is 0 Å². The summed E-state index contributed by atoms with van der Waals surface area (Å²) in [4.78, 5) is 0. The fraction of sp³-hybridized carbons (Fsp3) is 1.00. The minimum absolute atomic E-state index is 0.0361. The quantitative estimate of drug-likeness (QED) is 0.573. The van der Waals surface area contributed by atoms with Crippen molar-refractivity contribution in [3.05, 3.63) is 0 Å². The molecule has 1 atom stereocenters. The Bertz CT molecular complexity index is 190. The monoisotopic (exact) mass is 290 g/mol. The molecule has 0 saturated carbocycles. The second kappa shape index (κ2) is 5.50. The van der Waals surface area contributed by atoms with E-state index in [1.807, 2.05) is 0 Å². The summed E-state index contributed by atoms with van der Waals surface area (Å²) in [5.74, 6) is 0. The van der Waals surface area contributed by atoms with E-state index in [0.29, 0.717) is 19.6 Å². The van der Waals surface area contributed by atoms with Crippen LogP contribution in [0.2, 0.25) is 0 Å². The normalized spacial score (nSPS) is 27.2. The first kappa shape index (κ1) is 13.3. The molecule has 1 heterocycles. The van der Waals surface area contributed by atoms with E-state index >= 15 is 0 Å². The lowest BCUT2D eigenvalue weighted by atomic mass is 9.87. The van der Waals surface area contributed by atoms with E-state index in [2.05, 4.69) is 20.7 Å². The number of rotatable bonds is 5. The van der Waals surface area contributed by atoms with Gasteiger partial charge in [0.05, 0.1) is 6.61 Å². The molecule has 0 amide bonds. The maximum Gasteiger partial charge on any atom is 0.411 e. The first-order valence-electron chi connectivity index (χ1n) is 4.76. The maximum atomic E-state index is 11.8. The Morgan fingerprint density at radius 3 is 2.60 bits per heavy atom. The van der Waals surface area contributed by atoms with Gasteiger partial charge in [-0.25, -0.2) is 0 Å². The third-order valence-corrected chi connectivity index (χ3v) is 3.70. The molecule has 0 aromatic heterocycles. The molecule has 1 aliphatic heterocycles. The Labute approximate surface area is 95.2 Å². The molecule has 1 saturated heterocycles. The molecule has 1 rings (SSSR count). The minimum Gasteiger partial charge on any atom is -0.381 e. The van der Waals surface area contributed by atoms with E-state index in [-0.39, 0.29) is 12.0 Å². The summed E-state index contributed by atoms with van der Waals surface area (Å²) in [7, 11) is 0. The standard InChI is InChI=1S/C9H14BrF3O2/c10-5-8(1-3-14-6-8)2-4-15-7-9(11,12)13/h1-7H2. The highest BCUT2D eigenvalue weighted by molar-refractivity contribution is 9.09. The van der Waals surface area contributed by atoms with Gasteiger partial charge in [0.2, 0.25) is 0 Å². The highest BCUT2D eigenvalue weighted by atomic mass is 79.9. The molecule has 0 N–H and O–H groups in total. The molecule has 0 bridgehead atoms. The summed E-state index contributed by atoms with van der Waals surface area (Å²) < 4.78 is 45.2. The molecule has 2 nitrogen and oxygen atoms in total. The highest BCUT2D eigenvalue weighted by Crippen LogP contribution is 2.34. The van der Waals surface area contributed by atoms with E-state index in [1.165, 1.54) is 0 Å². The van der Waals surface area contributed by atoms with Crippen LogP contribution in [-0.4, -0.2) is 37.9 Å². The van der Waals surface area contributed by atoms with Crippen LogP contribution in [0.25, 0.3) is 0 Å². The van der Waals surface area contributed by atoms with Crippen LogP contribution >= 0.6 is 15.9 Å². The Morgan fingerprint density at radius 1 is 1.40 bits per heavy atom. The lowest BCUT2D eigenvalue weighted by Gasteiger charge is -2.24. The number of hydrogen-bond acceptors (Lipinski definition) is 2. The van der Waals surface area contributed by atoms with Crippen LogP contribution in [0.1, 0.15) is 12.8 Å². The van der Waals surface area contributed by atoms with Crippen LogP contribution in [0.4, 0.5) is 13.2 Å². The van der Waals surface area contributed by atoms with Gasteiger partial charge in [0, 0.05) is 24.0 Å². The van der Waals surface area contributed by atoms with Crippen LogP contribution < -0.4 is 0 Å². The Kier molecular flexibility index (Phi) is 4.86. The largest absolute Gasteiger partial charge is 0.411 e. The zero-order valence-electron chi connectivity index (χ0n) is 8.28. The fourth-order valence-electron chi connectivity index (χ4n) is 1.50. The Hall–Kier alpha value is 0.190. The molecule has 15 heavy (non-hydrogen) atoms. The van der Waals surface area contributed by atoms with Crippen molar-refractivity contribution in [3.63, 3.8) is 0 Å². The van der Waals surface area contributed by atoms with Gasteiger partial charge in [-0.1, -0.05) is 15.9 Å². The summed E-state index contributed by atoms with van der Waals surface area (Å²) in [6, 6.07) is 0. The van der Waals surface area contributed by atoms with Crippen molar-refractivity contribution in [3.8, 4) is 0 Å². The van der Waals surface area contributed by atoms with Crippen molar-refractivity contribution in [2.75, 3.05) is 31.8 Å². The summed E-state index contributed by atoms with van der Waals surface area (Å²) in [5.41, 5.74) is -0.0361. The molecule has 6 heteroatoms. The predicted octanol–water partition coefficient (Wildman–Crippen LogP) is 2.76. The van der Waals surface area contributed by atoms with Crippen molar-refractivity contribution in [1.82, 2.24) is 0 Å². The molecule has 0 aromatic rings. The smallest absolute Gasteiger partial charge is 0.381 e. The van der Waals surface area contributed by atoms with Crippen molar-refractivity contribution in [2.45, 2.75) is 19.0 Å². The lowest BCUT2D eigenvalue weighted by Crippen LogP contribution is -2.26. The average Bonchev–Trinajstić information content (AvgIpc) is 2.60. The van der Waals surface area contributed by atoms with Crippen LogP contribution in [0.5, 0.6) is 0 Å². The summed E-state index contributed by atoms with van der Waals surface area (Å²) in [5, 5.41) is 0.745. The summed E-state index contributed by atoms with van der Waals surface area (Å²) in [6.07, 6.45) is -2.74.